The van der Waals surface area contributed by atoms with E-state index in [4.69, 9.17) is 0 Å². The standard InChI is InChI=1S/C16H14FN3O.K.H/c1-11-14(4-3-9-21)16(19(2)18-11)20-8-7-12-10-13(17)5-6-15(12)20;;/h3-10H,1-2H3;;/q;+1;-1/b4-3+;;. The summed E-state index contributed by atoms with van der Waals surface area (Å²) in [5.41, 5.74) is 2.58. The van der Waals surface area contributed by atoms with E-state index in [-0.39, 0.29) is 58.6 Å². The van der Waals surface area contributed by atoms with E-state index in [1.807, 2.05) is 30.8 Å². The van der Waals surface area contributed by atoms with Crippen molar-refractivity contribution in [1.82, 2.24) is 14.3 Å². The molecule has 108 valence electrons. The summed E-state index contributed by atoms with van der Waals surface area (Å²) in [5.74, 6) is 0.578. The van der Waals surface area contributed by atoms with Gasteiger partial charge < -0.3 is 5.99 Å². The van der Waals surface area contributed by atoms with Gasteiger partial charge in [-0.15, -0.1) is 0 Å². The maximum absolute atomic E-state index is 13.3. The molecule has 0 bridgehead atoms. The summed E-state index contributed by atoms with van der Waals surface area (Å²) in [6, 6.07) is 6.52. The van der Waals surface area contributed by atoms with E-state index in [2.05, 4.69) is 5.10 Å². The quantitative estimate of drug-likeness (QED) is 0.391. The van der Waals surface area contributed by atoms with Gasteiger partial charge >= 0.3 is 51.4 Å². The minimum Gasteiger partial charge on any atom is -1.00 e. The smallest absolute Gasteiger partial charge is 1.00 e. The van der Waals surface area contributed by atoms with Crippen LogP contribution in [0.25, 0.3) is 22.8 Å². The van der Waals surface area contributed by atoms with Crippen molar-refractivity contribution in [2.24, 2.45) is 7.05 Å². The molecule has 0 aliphatic carbocycles. The average Bonchev–Trinajstić information content (AvgIpc) is 2.96. The topological polar surface area (TPSA) is 39.8 Å². The van der Waals surface area contributed by atoms with Crippen LogP contribution in [0, 0.1) is 12.7 Å². The van der Waals surface area contributed by atoms with Crippen LogP contribution in [0.3, 0.4) is 0 Å². The van der Waals surface area contributed by atoms with E-state index in [1.54, 1.807) is 16.8 Å². The molecule has 0 saturated carbocycles. The Morgan fingerprint density at radius 1 is 1.32 bits per heavy atom. The molecule has 6 heteroatoms. The van der Waals surface area contributed by atoms with Crippen molar-refractivity contribution in [3.8, 4) is 5.82 Å². The third kappa shape index (κ3) is 3.02. The van der Waals surface area contributed by atoms with Gasteiger partial charge in [-0.2, -0.15) is 5.10 Å². The maximum atomic E-state index is 13.3. The van der Waals surface area contributed by atoms with Gasteiger partial charge in [0.25, 0.3) is 0 Å². The van der Waals surface area contributed by atoms with Gasteiger partial charge in [0.05, 0.1) is 11.2 Å². The summed E-state index contributed by atoms with van der Waals surface area (Å²) >= 11 is 0. The Morgan fingerprint density at radius 3 is 2.82 bits per heavy atom. The van der Waals surface area contributed by atoms with E-state index in [1.165, 1.54) is 18.2 Å². The van der Waals surface area contributed by atoms with Crippen LogP contribution in [0.5, 0.6) is 0 Å². The zero-order valence-electron chi connectivity index (χ0n) is 13.7. The monoisotopic (exact) mass is 323 g/mol. The average molecular weight is 323 g/mol. The van der Waals surface area contributed by atoms with Crippen LogP contribution < -0.4 is 51.4 Å². The molecule has 0 fully saturated rings. The summed E-state index contributed by atoms with van der Waals surface area (Å²) in [7, 11) is 1.84. The third-order valence-corrected chi connectivity index (χ3v) is 3.46. The second-order valence-electron chi connectivity index (χ2n) is 4.83. The Balaban J connectivity index is 0.00000132. The van der Waals surface area contributed by atoms with E-state index in [9.17, 15) is 9.18 Å². The summed E-state index contributed by atoms with van der Waals surface area (Å²) in [6.07, 6.45) is 5.79. The first-order chi connectivity index (χ1) is 10.1. The van der Waals surface area contributed by atoms with Crippen molar-refractivity contribution < 1.29 is 62.0 Å². The first kappa shape index (κ1) is 17.3. The van der Waals surface area contributed by atoms with Crippen molar-refractivity contribution in [3.63, 3.8) is 0 Å². The van der Waals surface area contributed by atoms with Gasteiger partial charge in [-0.1, -0.05) is 0 Å². The first-order valence-electron chi connectivity index (χ1n) is 6.54. The molecule has 2 heterocycles. The van der Waals surface area contributed by atoms with Gasteiger partial charge in [-0.05, 0) is 43.3 Å². The Hall–Kier alpha value is -1.05. The van der Waals surface area contributed by atoms with Gasteiger partial charge in [-0.3, -0.25) is 9.48 Å². The maximum Gasteiger partial charge on any atom is 1.00 e. The fourth-order valence-corrected chi connectivity index (χ4v) is 2.58. The van der Waals surface area contributed by atoms with Crippen LogP contribution in [0.2, 0.25) is 0 Å². The molecule has 0 saturated heterocycles. The first-order valence-corrected chi connectivity index (χ1v) is 6.54. The van der Waals surface area contributed by atoms with Crippen LogP contribution in [0.1, 0.15) is 12.7 Å². The van der Waals surface area contributed by atoms with Gasteiger partial charge in [0, 0.05) is 24.2 Å². The fourth-order valence-electron chi connectivity index (χ4n) is 2.58. The van der Waals surface area contributed by atoms with E-state index in [0.29, 0.717) is 0 Å². The molecule has 22 heavy (non-hydrogen) atoms. The summed E-state index contributed by atoms with van der Waals surface area (Å²) in [4.78, 5) is 10.6. The zero-order chi connectivity index (χ0) is 15.0. The Kier molecular flexibility index (Phi) is 5.52. The van der Waals surface area contributed by atoms with E-state index >= 15 is 0 Å². The molecule has 0 spiro atoms. The number of benzene rings is 1. The molecule has 0 amide bonds. The van der Waals surface area contributed by atoms with E-state index in [0.717, 1.165) is 34.3 Å². The zero-order valence-corrected chi connectivity index (χ0v) is 15.9. The Bertz CT molecular complexity index is 870. The largest absolute Gasteiger partial charge is 1.00 e. The predicted octanol–water partition coefficient (Wildman–Crippen LogP) is 0.140. The van der Waals surface area contributed by atoms with Gasteiger partial charge in [0.2, 0.25) is 0 Å². The van der Waals surface area contributed by atoms with E-state index < -0.39 is 0 Å². The minimum absolute atomic E-state index is 0. The molecule has 0 atom stereocenters. The van der Waals surface area contributed by atoms with Crippen molar-refractivity contribution in [3.05, 3.63) is 53.6 Å². The van der Waals surface area contributed by atoms with Gasteiger partial charge in [0.1, 0.15) is 17.9 Å². The van der Waals surface area contributed by atoms with Crippen LogP contribution in [0.4, 0.5) is 4.39 Å². The fraction of sp³-hybridized carbons (Fsp3) is 0.125. The number of hydrogen-bond donors (Lipinski definition) is 0. The SMILES string of the molecule is Cc1nn(C)c(-n2ccc3cc(F)ccc32)c1/C=C/C=O.[H-].[K+]. The second-order valence-corrected chi connectivity index (χ2v) is 4.83. The molecule has 2 aromatic heterocycles. The number of carbonyl (C=O) groups excluding carboxylic acids is 1. The minimum atomic E-state index is -0.262. The number of aromatic nitrogens is 3. The van der Waals surface area contributed by atoms with Gasteiger partial charge in [-0.25, -0.2) is 4.39 Å². The Labute approximate surface area is 171 Å². The number of fused-ring (bicyclic) bond motifs is 1. The number of halogens is 1. The molecule has 4 nitrogen and oxygen atoms in total. The molecular weight excluding hydrogens is 308 g/mol. The summed E-state index contributed by atoms with van der Waals surface area (Å²) in [5, 5.41) is 5.22. The predicted molar refractivity (Wildman–Crippen MR) is 80.9 cm³/mol. The number of rotatable bonds is 3. The molecule has 0 N–H and O–H groups in total. The number of aryl methyl sites for hydroxylation is 2. The van der Waals surface area contributed by atoms with Crippen molar-refractivity contribution >= 4 is 23.3 Å². The van der Waals surface area contributed by atoms with Crippen molar-refractivity contribution in [2.45, 2.75) is 6.92 Å². The normalized spacial score (nSPS) is 11.0. The molecule has 1 aromatic carbocycles. The Morgan fingerprint density at radius 2 is 2.09 bits per heavy atom. The summed E-state index contributed by atoms with van der Waals surface area (Å²) in [6.45, 7) is 1.89. The van der Waals surface area contributed by atoms with Crippen molar-refractivity contribution in [1.29, 1.82) is 0 Å². The summed E-state index contributed by atoms with van der Waals surface area (Å²) < 4.78 is 17.0. The molecule has 0 aliphatic heterocycles. The molecule has 3 aromatic rings. The molecule has 0 radical (unpaired) electrons. The van der Waals surface area contributed by atoms with Crippen LogP contribution in [-0.2, 0) is 11.8 Å². The van der Waals surface area contributed by atoms with Crippen LogP contribution in [-0.4, -0.2) is 20.6 Å². The number of allylic oxidation sites excluding steroid dienone is 1. The molecule has 0 aliphatic rings. The molecular formula is C16H15FKN3O. The van der Waals surface area contributed by atoms with Crippen molar-refractivity contribution in [2.75, 3.05) is 0 Å². The number of hydrogen-bond acceptors (Lipinski definition) is 2. The number of carbonyl (C=O) groups is 1. The second kappa shape index (κ2) is 7.02. The number of aldehydes is 1. The van der Waals surface area contributed by atoms with Crippen LogP contribution in [0.15, 0.2) is 36.5 Å². The van der Waals surface area contributed by atoms with Gasteiger partial charge in [0.15, 0.2) is 0 Å². The molecule has 0 unspecified atom stereocenters. The van der Waals surface area contributed by atoms with Crippen LogP contribution >= 0.6 is 0 Å². The number of nitrogens with zero attached hydrogens (tertiary/aromatic N) is 3. The molecule has 3 rings (SSSR count). The third-order valence-electron chi connectivity index (χ3n) is 3.46.